The molecule has 0 bridgehead atoms. The van der Waals surface area contributed by atoms with Crippen LogP contribution < -0.4 is 14.8 Å². The maximum atomic E-state index is 14.2. The Morgan fingerprint density at radius 2 is 1.76 bits per heavy atom. The minimum absolute atomic E-state index is 0.0374. The smallest absolute Gasteiger partial charge is 0.272 e. The van der Waals surface area contributed by atoms with Gasteiger partial charge in [0.2, 0.25) is 6.79 Å². The van der Waals surface area contributed by atoms with Crippen LogP contribution in [0.2, 0.25) is 5.02 Å². The molecular weight excluding hydrogens is 546 g/mol. The molecule has 1 saturated carbocycles. The third kappa shape index (κ3) is 6.40. The molecule has 0 saturated heterocycles. The Labute approximate surface area is 241 Å². The lowest BCUT2D eigenvalue weighted by Crippen LogP contribution is -2.43. The zero-order chi connectivity index (χ0) is 28.8. The van der Waals surface area contributed by atoms with E-state index in [4.69, 9.17) is 26.6 Å². The van der Waals surface area contributed by atoms with Gasteiger partial charge in [0.1, 0.15) is 0 Å². The lowest BCUT2D eigenvalue weighted by Gasteiger charge is -2.29. The van der Waals surface area contributed by atoms with Gasteiger partial charge >= 0.3 is 0 Å². The Hall–Kier alpha value is -4.66. The van der Waals surface area contributed by atoms with Gasteiger partial charge in [-0.3, -0.25) is 14.5 Å². The first-order valence-corrected chi connectivity index (χ1v) is 13.7. The standard InChI is InChI=1S/C30H28ClN5O5/c31-21-13-10-19(11-14-21)17-36(30(39)23-8-4-5-9-24(23)34-35-32)27(29(38)33-22-6-2-1-3-7-22)28(37)20-12-15-25-26(16-20)41-18-40-25/h4-5,8-16,22,37H,1-3,6-7,17-18H2,(H,33,38)/b28-27+. The summed E-state index contributed by atoms with van der Waals surface area (Å²) < 4.78 is 10.9. The molecule has 3 aromatic rings. The topological polar surface area (TPSA) is 137 Å². The summed E-state index contributed by atoms with van der Waals surface area (Å²) in [5.74, 6) is -0.739. The summed E-state index contributed by atoms with van der Waals surface area (Å²) in [5, 5.41) is 18.9. The number of nitrogens with zero attached hydrogens (tertiary/aromatic N) is 4. The van der Waals surface area contributed by atoms with Crippen molar-refractivity contribution < 1.29 is 24.2 Å². The van der Waals surface area contributed by atoms with E-state index in [0.29, 0.717) is 22.1 Å². The number of azide groups is 1. The Kier molecular flexibility index (Phi) is 8.62. The molecule has 1 aliphatic heterocycles. The number of benzene rings is 3. The van der Waals surface area contributed by atoms with Crippen LogP contribution in [0.15, 0.2) is 77.5 Å². The van der Waals surface area contributed by atoms with Crippen LogP contribution >= 0.6 is 11.6 Å². The van der Waals surface area contributed by atoms with Crippen LogP contribution in [0.1, 0.15) is 53.6 Å². The number of ether oxygens (including phenoxy) is 2. The Balaban J connectivity index is 1.65. The fourth-order valence-corrected chi connectivity index (χ4v) is 5.13. The fraction of sp³-hybridized carbons (Fsp3) is 0.267. The first kappa shape index (κ1) is 27.9. The molecule has 2 amide bonds. The van der Waals surface area contributed by atoms with Crippen molar-refractivity contribution in [1.29, 1.82) is 0 Å². The van der Waals surface area contributed by atoms with E-state index in [0.717, 1.165) is 32.1 Å². The Morgan fingerprint density at radius 3 is 2.51 bits per heavy atom. The van der Waals surface area contributed by atoms with Crippen LogP contribution in [-0.4, -0.2) is 34.7 Å². The molecule has 0 radical (unpaired) electrons. The number of rotatable bonds is 8. The van der Waals surface area contributed by atoms with E-state index in [1.807, 2.05) is 0 Å². The normalized spacial score (nSPS) is 15.0. The molecule has 5 rings (SSSR count). The molecule has 2 aliphatic rings. The van der Waals surface area contributed by atoms with Gasteiger partial charge in [0.15, 0.2) is 23.0 Å². The second-order valence-corrected chi connectivity index (χ2v) is 10.2. The number of fused-ring (bicyclic) bond motifs is 1. The molecule has 1 aliphatic carbocycles. The molecule has 2 N–H and O–H groups in total. The highest BCUT2D eigenvalue weighted by Crippen LogP contribution is 2.36. The first-order chi connectivity index (χ1) is 19.9. The molecule has 11 heteroatoms. The van der Waals surface area contributed by atoms with Crippen molar-refractivity contribution in [3.8, 4) is 11.5 Å². The minimum Gasteiger partial charge on any atom is -0.505 e. The lowest BCUT2D eigenvalue weighted by atomic mass is 9.95. The monoisotopic (exact) mass is 573 g/mol. The van der Waals surface area contributed by atoms with E-state index in [2.05, 4.69) is 15.3 Å². The number of amides is 2. The van der Waals surface area contributed by atoms with Crippen LogP contribution in [0.4, 0.5) is 5.69 Å². The maximum absolute atomic E-state index is 14.2. The molecule has 210 valence electrons. The number of carbonyl (C=O) groups is 2. The van der Waals surface area contributed by atoms with Crippen LogP contribution in [0.25, 0.3) is 16.2 Å². The second kappa shape index (κ2) is 12.7. The SMILES string of the molecule is [N-]=[N+]=Nc1ccccc1C(=O)N(Cc1ccc(Cl)cc1)/C(C(=O)NC1CCCCC1)=C(/O)c1ccc2c(c1)OCO2. The van der Waals surface area contributed by atoms with Gasteiger partial charge in [-0.05, 0) is 60.3 Å². The molecule has 0 atom stereocenters. The Morgan fingerprint density at radius 1 is 1.02 bits per heavy atom. The molecule has 0 spiro atoms. The molecule has 0 unspecified atom stereocenters. The minimum atomic E-state index is -0.635. The van der Waals surface area contributed by atoms with Crippen molar-refractivity contribution in [3.63, 3.8) is 0 Å². The summed E-state index contributed by atoms with van der Waals surface area (Å²) in [5.41, 5.74) is 9.94. The van der Waals surface area contributed by atoms with Gasteiger partial charge in [-0.1, -0.05) is 66.3 Å². The van der Waals surface area contributed by atoms with Crippen molar-refractivity contribution >= 4 is 34.9 Å². The number of hydrogen-bond acceptors (Lipinski definition) is 6. The third-order valence-electron chi connectivity index (χ3n) is 7.08. The van der Waals surface area contributed by atoms with Gasteiger partial charge in [-0.15, -0.1) is 0 Å². The number of halogens is 1. The van der Waals surface area contributed by atoms with Crippen molar-refractivity contribution in [1.82, 2.24) is 10.2 Å². The van der Waals surface area contributed by atoms with Crippen LogP contribution in [0.3, 0.4) is 0 Å². The number of aliphatic hydroxyl groups excluding tert-OH is 1. The average molecular weight is 574 g/mol. The van der Waals surface area contributed by atoms with Gasteiger partial charge in [0, 0.05) is 27.1 Å². The van der Waals surface area contributed by atoms with Crippen molar-refractivity contribution in [2.45, 2.75) is 44.7 Å². The van der Waals surface area contributed by atoms with Crippen molar-refractivity contribution in [2.24, 2.45) is 5.11 Å². The quantitative estimate of drug-likeness (QED) is 0.0979. The Bertz CT molecular complexity index is 1530. The van der Waals surface area contributed by atoms with E-state index in [-0.39, 0.29) is 41.9 Å². The summed E-state index contributed by atoms with van der Waals surface area (Å²) in [6.07, 6.45) is 4.65. The molecule has 0 aromatic heterocycles. The summed E-state index contributed by atoms with van der Waals surface area (Å²) in [4.78, 5) is 32.3. The van der Waals surface area contributed by atoms with Crippen LogP contribution in [0.5, 0.6) is 11.5 Å². The van der Waals surface area contributed by atoms with Gasteiger partial charge in [-0.2, -0.15) is 0 Å². The van der Waals surface area contributed by atoms with E-state index in [1.54, 1.807) is 54.6 Å². The summed E-state index contributed by atoms with van der Waals surface area (Å²) in [7, 11) is 0. The van der Waals surface area contributed by atoms with Gasteiger partial charge in [0.25, 0.3) is 11.8 Å². The molecule has 1 fully saturated rings. The summed E-state index contributed by atoms with van der Waals surface area (Å²) in [6.45, 7) is -0.0434. The zero-order valence-electron chi connectivity index (χ0n) is 22.1. The van der Waals surface area contributed by atoms with Crippen LogP contribution in [-0.2, 0) is 11.3 Å². The molecule has 41 heavy (non-hydrogen) atoms. The van der Waals surface area contributed by atoms with Crippen molar-refractivity contribution in [3.05, 3.63) is 105 Å². The molecular formula is C30H28ClN5O5. The zero-order valence-corrected chi connectivity index (χ0v) is 22.9. The third-order valence-corrected chi connectivity index (χ3v) is 7.33. The van der Waals surface area contributed by atoms with Gasteiger partial charge < -0.3 is 19.9 Å². The molecule has 10 nitrogen and oxygen atoms in total. The van der Waals surface area contributed by atoms with E-state index in [9.17, 15) is 14.7 Å². The average Bonchev–Trinajstić information content (AvgIpc) is 3.46. The highest BCUT2D eigenvalue weighted by atomic mass is 35.5. The second-order valence-electron chi connectivity index (χ2n) is 9.80. The van der Waals surface area contributed by atoms with Gasteiger partial charge in [-0.25, -0.2) is 0 Å². The maximum Gasteiger partial charge on any atom is 0.272 e. The lowest BCUT2D eigenvalue weighted by molar-refractivity contribution is -0.119. The van der Waals surface area contributed by atoms with Gasteiger partial charge in [0.05, 0.1) is 12.2 Å². The highest BCUT2D eigenvalue weighted by Gasteiger charge is 2.32. The number of nitrogens with one attached hydrogen (secondary N) is 1. The van der Waals surface area contributed by atoms with Crippen molar-refractivity contribution in [2.75, 3.05) is 6.79 Å². The number of hydrogen-bond donors (Lipinski definition) is 2. The molecule has 3 aromatic carbocycles. The first-order valence-electron chi connectivity index (χ1n) is 13.3. The number of carbonyl (C=O) groups excluding carboxylic acids is 2. The summed E-state index contributed by atoms with van der Waals surface area (Å²) >= 11 is 6.10. The highest BCUT2D eigenvalue weighted by molar-refractivity contribution is 6.30. The van der Waals surface area contributed by atoms with Crippen LogP contribution in [0, 0.1) is 0 Å². The van der Waals surface area contributed by atoms with E-state index < -0.39 is 17.6 Å². The predicted molar refractivity (Wildman–Crippen MR) is 154 cm³/mol. The molecule has 1 heterocycles. The largest absolute Gasteiger partial charge is 0.505 e. The fourth-order valence-electron chi connectivity index (χ4n) is 5.00. The number of aliphatic hydroxyl groups is 1. The summed E-state index contributed by atoms with van der Waals surface area (Å²) in [6, 6.07) is 17.8. The predicted octanol–water partition coefficient (Wildman–Crippen LogP) is 7.03. The van der Waals surface area contributed by atoms with E-state index >= 15 is 0 Å². The van der Waals surface area contributed by atoms with E-state index in [1.165, 1.54) is 17.0 Å².